The van der Waals surface area contributed by atoms with Gasteiger partial charge in [-0.3, -0.25) is 4.99 Å². The predicted molar refractivity (Wildman–Crippen MR) is 117 cm³/mol. The van der Waals surface area contributed by atoms with E-state index in [9.17, 15) is 0 Å². The molecule has 0 amide bonds. The molecule has 25 heavy (non-hydrogen) atoms. The molecule has 2 N–H and O–H groups in total. The number of aryl methyl sites for hydroxylation is 3. The van der Waals surface area contributed by atoms with E-state index >= 15 is 0 Å². The first-order chi connectivity index (χ1) is 11.6. The third-order valence-corrected chi connectivity index (χ3v) is 4.51. The minimum Gasteiger partial charge on any atom is -0.361 e. The van der Waals surface area contributed by atoms with Crippen molar-refractivity contribution >= 4 is 45.9 Å². The quantitative estimate of drug-likeness (QED) is 0.337. The molecular formula is C18H26BrIN4O. The van der Waals surface area contributed by atoms with Gasteiger partial charge in [-0.2, -0.15) is 0 Å². The second kappa shape index (κ2) is 10.8. The largest absolute Gasteiger partial charge is 0.361 e. The lowest BCUT2D eigenvalue weighted by atomic mass is 10.1. The van der Waals surface area contributed by atoms with Crippen molar-refractivity contribution in [2.45, 2.75) is 46.7 Å². The summed E-state index contributed by atoms with van der Waals surface area (Å²) < 4.78 is 6.50. The maximum atomic E-state index is 5.40. The molecule has 0 unspecified atom stereocenters. The number of guanidine groups is 1. The fourth-order valence-electron chi connectivity index (χ4n) is 2.57. The van der Waals surface area contributed by atoms with Gasteiger partial charge in [-0.05, 0) is 36.6 Å². The minimum atomic E-state index is 0. The lowest BCUT2D eigenvalue weighted by Gasteiger charge is -2.13. The van der Waals surface area contributed by atoms with Crippen molar-refractivity contribution in [1.82, 2.24) is 15.8 Å². The van der Waals surface area contributed by atoms with E-state index < -0.39 is 0 Å². The van der Waals surface area contributed by atoms with Crippen LogP contribution in [0.3, 0.4) is 0 Å². The zero-order valence-electron chi connectivity index (χ0n) is 15.1. The van der Waals surface area contributed by atoms with Crippen LogP contribution >= 0.6 is 39.9 Å². The summed E-state index contributed by atoms with van der Waals surface area (Å²) in [4.78, 5) is 4.29. The van der Waals surface area contributed by atoms with Gasteiger partial charge in [0, 0.05) is 36.6 Å². The number of hydrogen-bond donors (Lipinski definition) is 2. The van der Waals surface area contributed by atoms with Gasteiger partial charge >= 0.3 is 0 Å². The zero-order chi connectivity index (χ0) is 17.5. The van der Waals surface area contributed by atoms with Crippen molar-refractivity contribution in [2.75, 3.05) is 7.05 Å². The minimum absolute atomic E-state index is 0. The first-order valence-corrected chi connectivity index (χ1v) is 9.04. The van der Waals surface area contributed by atoms with Crippen LogP contribution in [0.15, 0.2) is 32.2 Å². The van der Waals surface area contributed by atoms with Gasteiger partial charge in [0.2, 0.25) is 0 Å². The maximum Gasteiger partial charge on any atom is 0.191 e. The van der Waals surface area contributed by atoms with E-state index in [4.69, 9.17) is 4.52 Å². The molecule has 0 saturated carbocycles. The van der Waals surface area contributed by atoms with E-state index in [-0.39, 0.29) is 24.0 Å². The molecule has 0 radical (unpaired) electrons. The van der Waals surface area contributed by atoms with Crippen LogP contribution in [-0.2, 0) is 25.9 Å². The molecule has 0 fully saturated rings. The fourth-order valence-corrected chi connectivity index (χ4v) is 3.04. The van der Waals surface area contributed by atoms with Crippen molar-refractivity contribution in [2.24, 2.45) is 4.99 Å². The summed E-state index contributed by atoms with van der Waals surface area (Å²) >= 11 is 3.49. The highest BCUT2D eigenvalue weighted by Gasteiger charge is 2.13. The Kier molecular flexibility index (Phi) is 9.48. The molecule has 0 aliphatic rings. The molecule has 1 heterocycles. The molecule has 1 aromatic carbocycles. The fraction of sp³-hybridized carbons (Fsp3) is 0.444. The van der Waals surface area contributed by atoms with Gasteiger partial charge in [0.25, 0.3) is 0 Å². The van der Waals surface area contributed by atoms with E-state index in [2.05, 4.69) is 75.7 Å². The zero-order valence-corrected chi connectivity index (χ0v) is 19.1. The molecule has 0 bridgehead atoms. The van der Waals surface area contributed by atoms with Crippen LogP contribution in [0, 0.1) is 6.92 Å². The third kappa shape index (κ3) is 5.99. The highest BCUT2D eigenvalue weighted by molar-refractivity contribution is 14.0. The SMILES string of the molecule is CCc1noc(CC)c1CNC(=NC)NCc1ccc(Br)cc1C.I. The van der Waals surface area contributed by atoms with E-state index in [1.807, 2.05) is 0 Å². The Balaban J connectivity index is 0.00000312. The van der Waals surface area contributed by atoms with Crippen LogP contribution < -0.4 is 10.6 Å². The van der Waals surface area contributed by atoms with Crippen LogP contribution in [-0.4, -0.2) is 18.2 Å². The number of nitrogens with zero attached hydrogens (tertiary/aromatic N) is 2. The first kappa shape index (κ1) is 22.0. The van der Waals surface area contributed by atoms with Crippen LogP contribution in [0.2, 0.25) is 0 Å². The van der Waals surface area contributed by atoms with Gasteiger partial charge in [0.1, 0.15) is 5.76 Å². The highest BCUT2D eigenvalue weighted by Crippen LogP contribution is 2.16. The van der Waals surface area contributed by atoms with Crippen LogP contribution in [0.4, 0.5) is 0 Å². The van der Waals surface area contributed by atoms with Gasteiger partial charge in [-0.15, -0.1) is 24.0 Å². The summed E-state index contributed by atoms with van der Waals surface area (Å²) in [5.41, 5.74) is 4.64. The van der Waals surface area contributed by atoms with Crippen molar-refractivity contribution in [3.05, 3.63) is 50.8 Å². The first-order valence-electron chi connectivity index (χ1n) is 8.24. The predicted octanol–water partition coefficient (Wildman–Crippen LogP) is 4.35. The molecule has 5 nitrogen and oxygen atoms in total. The highest BCUT2D eigenvalue weighted by atomic mass is 127. The number of rotatable bonds is 6. The van der Waals surface area contributed by atoms with E-state index in [0.717, 1.165) is 46.8 Å². The smallest absolute Gasteiger partial charge is 0.191 e. The molecule has 2 rings (SSSR count). The van der Waals surface area contributed by atoms with Crippen molar-refractivity contribution in [3.8, 4) is 0 Å². The summed E-state index contributed by atoms with van der Waals surface area (Å²) in [6.07, 6.45) is 1.71. The average Bonchev–Trinajstić information content (AvgIpc) is 2.98. The number of halogens is 2. The molecule has 0 saturated heterocycles. The van der Waals surface area contributed by atoms with Crippen molar-refractivity contribution < 1.29 is 4.52 Å². The molecule has 7 heteroatoms. The van der Waals surface area contributed by atoms with Gasteiger partial charge in [-0.25, -0.2) is 0 Å². The maximum absolute atomic E-state index is 5.40. The number of benzene rings is 1. The number of aromatic nitrogens is 1. The Labute approximate surface area is 175 Å². The summed E-state index contributed by atoms with van der Waals surface area (Å²) in [7, 11) is 1.78. The lowest BCUT2D eigenvalue weighted by molar-refractivity contribution is 0.380. The topological polar surface area (TPSA) is 62.5 Å². The molecule has 2 aromatic rings. The van der Waals surface area contributed by atoms with Crippen LogP contribution in [0.25, 0.3) is 0 Å². The Hall–Kier alpha value is -1.09. The van der Waals surface area contributed by atoms with E-state index in [1.165, 1.54) is 11.1 Å². The third-order valence-electron chi connectivity index (χ3n) is 4.01. The summed E-state index contributed by atoms with van der Waals surface area (Å²) in [5.74, 6) is 1.71. The van der Waals surface area contributed by atoms with Gasteiger partial charge in [-0.1, -0.05) is 41.0 Å². The summed E-state index contributed by atoms with van der Waals surface area (Å²) in [5, 5.41) is 10.9. The summed E-state index contributed by atoms with van der Waals surface area (Å²) in [6.45, 7) is 7.66. The second-order valence-electron chi connectivity index (χ2n) is 5.59. The summed E-state index contributed by atoms with van der Waals surface area (Å²) in [6, 6.07) is 6.29. The Morgan fingerprint density at radius 1 is 1.20 bits per heavy atom. The van der Waals surface area contributed by atoms with Gasteiger partial charge in [0.15, 0.2) is 5.96 Å². The van der Waals surface area contributed by atoms with Crippen molar-refractivity contribution in [1.29, 1.82) is 0 Å². The van der Waals surface area contributed by atoms with Crippen molar-refractivity contribution in [3.63, 3.8) is 0 Å². The standard InChI is InChI=1S/C18H25BrN4O.HI/c1-5-16-15(17(6-2)24-23-16)11-22-18(20-4)21-10-13-7-8-14(19)9-12(13)3;/h7-9H,5-6,10-11H2,1-4H3,(H2,20,21,22);1H. The monoisotopic (exact) mass is 520 g/mol. The Morgan fingerprint density at radius 2 is 1.92 bits per heavy atom. The van der Waals surface area contributed by atoms with Gasteiger partial charge in [0.05, 0.1) is 5.69 Å². The molecule has 1 aromatic heterocycles. The van der Waals surface area contributed by atoms with Crippen LogP contribution in [0.5, 0.6) is 0 Å². The molecule has 138 valence electrons. The molecule has 0 spiro atoms. The molecule has 0 atom stereocenters. The molecule has 0 aliphatic carbocycles. The number of nitrogens with one attached hydrogen (secondary N) is 2. The van der Waals surface area contributed by atoms with Crippen LogP contribution in [0.1, 0.15) is 42.0 Å². The molecule has 0 aliphatic heterocycles. The van der Waals surface area contributed by atoms with E-state index in [1.54, 1.807) is 7.05 Å². The Bertz CT molecular complexity index is 694. The molecular weight excluding hydrogens is 495 g/mol. The van der Waals surface area contributed by atoms with Gasteiger partial charge < -0.3 is 15.2 Å². The number of aliphatic imine (C=N–C) groups is 1. The number of hydrogen-bond acceptors (Lipinski definition) is 3. The van der Waals surface area contributed by atoms with E-state index in [0.29, 0.717) is 6.54 Å². The lowest BCUT2D eigenvalue weighted by Crippen LogP contribution is -2.36. The second-order valence-corrected chi connectivity index (χ2v) is 6.50. The normalized spacial score (nSPS) is 11.2. The Morgan fingerprint density at radius 3 is 2.52 bits per heavy atom. The average molecular weight is 521 g/mol.